The average molecular weight is 230 g/mol. The van der Waals surface area contributed by atoms with Gasteiger partial charge in [-0.15, -0.1) is 0 Å². The molecule has 0 aliphatic heterocycles. The number of hydrogen-bond donors (Lipinski definition) is 1. The van der Waals surface area contributed by atoms with Crippen molar-refractivity contribution in [1.29, 1.82) is 0 Å². The van der Waals surface area contributed by atoms with E-state index in [-0.39, 0.29) is 0 Å². The van der Waals surface area contributed by atoms with Crippen LogP contribution in [0, 0.1) is 0 Å². The highest BCUT2D eigenvalue weighted by atomic mass is 32.2. The zero-order valence-electron chi connectivity index (χ0n) is 7.74. The lowest BCUT2D eigenvalue weighted by Gasteiger charge is -1.87. The Morgan fingerprint density at radius 3 is 1.80 bits per heavy atom. The van der Waals surface area contributed by atoms with Crippen LogP contribution in [0.25, 0.3) is 0 Å². The topological polar surface area (TPSA) is 80.7 Å². The number of ether oxygens (including phenoxy) is 1. The van der Waals surface area contributed by atoms with Gasteiger partial charge >= 0.3 is 6.16 Å². The minimum Gasteiger partial charge on any atom is -0.450 e. The number of carboxylic acid groups (broad SMARTS) is 1. The number of rotatable bonds is 2. The van der Waals surface area contributed by atoms with Crippen molar-refractivity contribution in [1.82, 2.24) is 0 Å². The third-order valence-electron chi connectivity index (χ3n) is 1.08. The first-order valence-electron chi connectivity index (χ1n) is 3.90. The predicted molar refractivity (Wildman–Crippen MR) is 55.4 cm³/mol. The fourth-order valence-electron chi connectivity index (χ4n) is 0.546. The van der Waals surface area contributed by atoms with Crippen molar-refractivity contribution in [3.05, 3.63) is 36.4 Å². The van der Waals surface area contributed by atoms with E-state index in [2.05, 4.69) is 4.74 Å². The second kappa shape index (κ2) is 8.76. The van der Waals surface area contributed by atoms with Gasteiger partial charge in [-0.05, 0) is 0 Å². The third kappa shape index (κ3) is 12.2. The molecule has 1 rings (SSSR count). The maximum atomic E-state index is 9.65. The Labute approximate surface area is 88.5 Å². The Morgan fingerprint density at radius 2 is 1.53 bits per heavy atom. The highest BCUT2D eigenvalue weighted by molar-refractivity contribution is 7.71. The molecule has 6 heteroatoms. The van der Waals surface area contributed by atoms with Gasteiger partial charge in [0.25, 0.3) is 0 Å². The second-order valence-electron chi connectivity index (χ2n) is 2.16. The average Bonchev–Trinajstić information content (AvgIpc) is 2.20. The van der Waals surface area contributed by atoms with Gasteiger partial charge in [-0.1, -0.05) is 36.4 Å². The third-order valence-corrected chi connectivity index (χ3v) is 1.49. The molecule has 0 unspecified atom stereocenters. The van der Waals surface area contributed by atoms with E-state index in [4.69, 9.17) is 5.11 Å². The standard InChI is InChI=1S/C6H6.C3H4O5S/c1-2-4-6-5-3-1;4-3(5)8-1-2-9(6)7/h1-6H;2H,1H2,(H,4,5). The van der Waals surface area contributed by atoms with Gasteiger partial charge in [0, 0.05) is 0 Å². The van der Waals surface area contributed by atoms with Crippen molar-refractivity contribution in [3.8, 4) is 0 Å². The largest absolute Gasteiger partial charge is 0.506 e. The fourth-order valence-corrected chi connectivity index (χ4v) is 0.725. The molecule has 0 fully saturated rings. The summed E-state index contributed by atoms with van der Waals surface area (Å²) >= 11 is 0. The molecule has 0 aliphatic rings. The minimum absolute atomic E-state index is 0.425. The lowest BCUT2D eigenvalue weighted by atomic mass is 10.4. The van der Waals surface area contributed by atoms with E-state index in [9.17, 15) is 13.2 Å². The summed E-state index contributed by atoms with van der Waals surface area (Å²) in [6.45, 7) is -0.425. The molecule has 0 atom stereocenters. The fraction of sp³-hybridized carbons (Fsp3) is 0.111. The van der Waals surface area contributed by atoms with Crippen LogP contribution >= 0.6 is 0 Å². The van der Waals surface area contributed by atoms with Crippen LogP contribution in [-0.4, -0.2) is 31.7 Å². The first-order chi connectivity index (χ1) is 7.13. The van der Waals surface area contributed by atoms with Crippen LogP contribution in [0.3, 0.4) is 0 Å². The molecule has 1 aromatic carbocycles. The molecular weight excluding hydrogens is 220 g/mol. The Kier molecular flexibility index (Phi) is 7.70. The van der Waals surface area contributed by atoms with Gasteiger partial charge in [-0.3, -0.25) is 0 Å². The summed E-state index contributed by atoms with van der Waals surface area (Å²) in [5, 5.41) is 8.49. The van der Waals surface area contributed by atoms with Crippen molar-refractivity contribution in [3.63, 3.8) is 0 Å². The summed E-state index contributed by atoms with van der Waals surface area (Å²) in [5.74, 6) is 0. The Morgan fingerprint density at radius 1 is 1.13 bits per heavy atom. The highest BCUT2D eigenvalue weighted by Crippen LogP contribution is 1.79. The number of benzene rings is 1. The first-order valence-corrected chi connectivity index (χ1v) is 5.04. The van der Waals surface area contributed by atoms with Gasteiger partial charge in [-0.25, -0.2) is 4.79 Å². The van der Waals surface area contributed by atoms with Crippen LogP contribution in [0.5, 0.6) is 0 Å². The highest BCUT2D eigenvalue weighted by Gasteiger charge is 1.90. The van der Waals surface area contributed by atoms with Crippen LogP contribution in [0.15, 0.2) is 36.4 Å². The lowest BCUT2D eigenvalue weighted by molar-refractivity contribution is 0.106. The molecule has 0 saturated carbocycles. The van der Waals surface area contributed by atoms with Gasteiger partial charge in [-0.2, -0.15) is 8.42 Å². The predicted octanol–water partition coefficient (Wildman–Crippen LogP) is 1.05. The summed E-state index contributed by atoms with van der Waals surface area (Å²) in [6.07, 6.45) is -1.49. The molecule has 0 amide bonds. The van der Waals surface area contributed by atoms with Crippen LogP contribution in [0.4, 0.5) is 4.79 Å². The molecule has 5 nitrogen and oxygen atoms in total. The van der Waals surface area contributed by atoms with Crippen molar-refractivity contribution in [2.75, 3.05) is 6.61 Å². The maximum absolute atomic E-state index is 9.65. The molecule has 1 aromatic rings. The quantitative estimate of drug-likeness (QED) is 0.606. The van der Waals surface area contributed by atoms with Crippen LogP contribution in [0.2, 0.25) is 0 Å². The summed E-state index contributed by atoms with van der Waals surface area (Å²) < 4.78 is 23.1. The normalized spacial score (nSPS) is 8.00. The van der Waals surface area contributed by atoms with Gasteiger partial charge in [0.05, 0.1) is 5.37 Å². The van der Waals surface area contributed by atoms with Gasteiger partial charge in [0.2, 0.25) is 10.3 Å². The van der Waals surface area contributed by atoms with Crippen LogP contribution < -0.4 is 0 Å². The van der Waals surface area contributed by atoms with E-state index in [1.807, 2.05) is 36.4 Å². The molecule has 82 valence electrons. The molecule has 1 N–H and O–H groups in total. The molecule has 15 heavy (non-hydrogen) atoms. The zero-order valence-corrected chi connectivity index (χ0v) is 8.55. The van der Waals surface area contributed by atoms with Crippen LogP contribution in [-0.2, 0) is 15.0 Å². The molecule has 0 saturated heterocycles. The SMILES string of the molecule is O=C(O)OCC=S(=O)=O.c1ccccc1. The molecular formula is C9H10O5S. The van der Waals surface area contributed by atoms with Crippen molar-refractivity contribution in [2.24, 2.45) is 0 Å². The Balaban J connectivity index is 0.000000280. The van der Waals surface area contributed by atoms with Crippen LogP contribution in [0.1, 0.15) is 0 Å². The molecule has 0 spiro atoms. The summed E-state index contributed by atoms with van der Waals surface area (Å²) in [5.41, 5.74) is 0. The molecule has 0 bridgehead atoms. The van der Waals surface area contributed by atoms with Crippen molar-refractivity contribution in [2.45, 2.75) is 0 Å². The number of hydrogen-bond acceptors (Lipinski definition) is 4. The second-order valence-corrected chi connectivity index (χ2v) is 3.01. The maximum Gasteiger partial charge on any atom is 0.506 e. The first kappa shape index (κ1) is 13.2. The lowest BCUT2D eigenvalue weighted by Crippen LogP contribution is -2.02. The molecule has 0 aliphatic carbocycles. The molecule has 0 heterocycles. The van der Waals surface area contributed by atoms with E-state index in [0.717, 1.165) is 0 Å². The Bertz CT molecular complexity index is 361. The minimum atomic E-state index is -2.35. The number of carbonyl (C=O) groups is 1. The van der Waals surface area contributed by atoms with E-state index in [1.165, 1.54) is 0 Å². The Hall–Kier alpha value is -1.82. The van der Waals surface area contributed by atoms with Gasteiger partial charge in [0.1, 0.15) is 6.61 Å². The van der Waals surface area contributed by atoms with Crippen molar-refractivity contribution >= 4 is 21.8 Å². The van der Waals surface area contributed by atoms with Gasteiger partial charge < -0.3 is 9.84 Å². The van der Waals surface area contributed by atoms with E-state index >= 15 is 0 Å². The monoisotopic (exact) mass is 230 g/mol. The van der Waals surface area contributed by atoms with Gasteiger partial charge in [0.15, 0.2) is 0 Å². The van der Waals surface area contributed by atoms with E-state index < -0.39 is 23.1 Å². The smallest absolute Gasteiger partial charge is 0.450 e. The van der Waals surface area contributed by atoms with E-state index in [0.29, 0.717) is 5.37 Å². The summed E-state index contributed by atoms with van der Waals surface area (Å²) in [7, 11) is -2.35. The van der Waals surface area contributed by atoms with E-state index in [1.54, 1.807) is 0 Å². The summed E-state index contributed by atoms with van der Waals surface area (Å²) in [6, 6.07) is 12.0. The molecule has 0 radical (unpaired) electrons. The van der Waals surface area contributed by atoms with Crippen molar-refractivity contribution < 1.29 is 23.1 Å². The zero-order chi connectivity index (χ0) is 11.5. The summed E-state index contributed by atoms with van der Waals surface area (Å²) in [4.78, 5) is 9.54. The molecule has 0 aromatic heterocycles.